The molecule has 130 valence electrons. The highest BCUT2D eigenvalue weighted by atomic mass is 16.5. The first kappa shape index (κ1) is 16.7. The van der Waals surface area contributed by atoms with E-state index in [9.17, 15) is 0 Å². The van der Waals surface area contributed by atoms with Crippen LogP contribution in [0.5, 0.6) is 23.0 Å². The van der Waals surface area contributed by atoms with E-state index in [1.807, 2.05) is 36.4 Å². The maximum Gasteiger partial charge on any atom is 0.203 e. The second kappa shape index (κ2) is 7.17. The molecule has 3 rings (SSSR count). The molecule has 6 heteroatoms. The molecule has 0 aliphatic rings. The van der Waals surface area contributed by atoms with Gasteiger partial charge >= 0.3 is 0 Å². The Bertz CT molecular complexity index is 830. The molecule has 25 heavy (non-hydrogen) atoms. The van der Waals surface area contributed by atoms with Gasteiger partial charge in [-0.3, -0.25) is 0 Å². The van der Waals surface area contributed by atoms with Gasteiger partial charge in [-0.25, -0.2) is 0 Å². The highest BCUT2D eigenvalue weighted by molar-refractivity contribution is 5.81. The van der Waals surface area contributed by atoms with Gasteiger partial charge < -0.3 is 23.5 Å². The van der Waals surface area contributed by atoms with Crippen LogP contribution in [0.25, 0.3) is 22.5 Å². The van der Waals surface area contributed by atoms with Gasteiger partial charge in [0.05, 0.1) is 34.6 Å². The molecule has 0 bridgehead atoms. The molecular formula is C19H19NO5. The fourth-order valence-corrected chi connectivity index (χ4v) is 2.64. The lowest BCUT2D eigenvalue weighted by atomic mass is 10.0. The van der Waals surface area contributed by atoms with E-state index < -0.39 is 0 Å². The zero-order chi connectivity index (χ0) is 17.8. The van der Waals surface area contributed by atoms with Crippen LogP contribution in [-0.2, 0) is 0 Å². The standard InChI is InChI=1S/C19H19NO5/c1-21-14-7-5-12(6-8-14)15-11-20-25-18(15)13-9-16(22-2)19(24-4)17(10-13)23-3/h5-11H,1-4H3. The topological polar surface area (TPSA) is 63.0 Å². The molecule has 0 radical (unpaired) electrons. The normalized spacial score (nSPS) is 10.4. The molecule has 0 saturated heterocycles. The Labute approximate surface area is 145 Å². The number of nitrogens with zero attached hydrogens (tertiary/aromatic N) is 1. The lowest BCUT2D eigenvalue weighted by molar-refractivity contribution is 0.324. The second-order valence-corrected chi connectivity index (χ2v) is 5.21. The molecule has 2 aromatic carbocycles. The van der Waals surface area contributed by atoms with Crippen LogP contribution in [0.4, 0.5) is 0 Å². The van der Waals surface area contributed by atoms with Crippen molar-refractivity contribution in [3.63, 3.8) is 0 Å². The smallest absolute Gasteiger partial charge is 0.203 e. The molecule has 0 unspecified atom stereocenters. The Morgan fingerprint density at radius 1 is 0.760 bits per heavy atom. The summed E-state index contributed by atoms with van der Waals surface area (Å²) in [6.45, 7) is 0. The highest BCUT2D eigenvalue weighted by Gasteiger charge is 2.19. The number of aromatic nitrogens is 1. The third kappa shape index (κ3) is 3.10. The lowest BCUT2D eigenvalue weighted by Gasteiger charge is -2.13. The van der Waals surface area contributed by atoms with Gasteiger partial charge in [-0.2, -0.15) is 0 Å². The van der Waals surface area contributed by atoms with Crippen molar-refractivity contribution in [2.24, 2.45) is 0 Å². The first-order valence-electron chi connectivity index (χ1n) is 7.61. The molecule has 1 aromatic heterocycles. The minimum atomic E-state index is 0.527. The summed E-state index contributed by atoms with van der Waals surface area (Å²) in [5.74, 6) is 3.03. The number of hydrogen-bond donors (Lipinski definition) is 0. The van der Waals surface area contributed by atoms with Gasteiger partial charge in [0.1, 0.15) is 5.75 Å². The average molecular weight is 341 g/mol. The molecule has 0 aliphatic carbocycles. The molecule has 0 spiro atoms. The molecule has 0 amide bonds. The Morgan fingerprint density at radius 2 is 1.40 bits per heavy atom. The van der Waals surface area contributed by atoms with Crippen molar-refractivity contribution in [2.45, 2.75) is 0 Å². The summed E-state index contributed by atoms with van der Waals surface area (Å²) in [4.78, 5) is 0. The number of ether oxygens (including phenoxy) is 4. The Hall–Kier alpha value is -3.15. The van der Waals surface area contributed by atoms with Crippen molar-refractivity contribution in [3.8, 4) is 45.4 Å². The number of rotatable bonds is 6. The maximum atomic E-state index is 5.50. The Kier molecular flexibility index (Phi) is 4.79. The van der Waals surface area contributed by atoms with E-state index in [4.69, 9.17) is 23.5 Å². The molecule has 1 heterocycles. The molecule has 0 N–H and O–H groups in total. The van der Waals surface area contributed by atoms with Crippen LogP contribution in [0.15, 0.2) is 47.1 Å². The van der Waals surface area contributed by atoms with Crippen LogP contribution in [0.1, 0.15) is 0 Å². The molecule has 0 fully saturated rings. The van der Waals surface area contributed by atoms with Crippen LogP contribution in [-0.4, -0.2) is 33.6 Å². The number of hydrogen-bond acceptors (Lipinski definition) is 6. The van der Waals surface area contributed by atoms with Crippen LogP contribution in [0.2, 0.25) is 0 Å². The molecule has 3 aromatic rings. The Morgan fingerprint density at radius 3 is 1.92 bits per heavy atom. The SMILES string of the molecule is COc1ccc(-c2cnoc2-c2cc(OC)c(OC)c(OC)c2)cc1. The maximum absolute atomic E-state index is 5.50. The van der Waals surface area contributed by atoms with E-state index in [2.05, 4.69) is 5.16 Å². The van der Waals surface area contributed by atoms with Gasteiger partial charge in [-0.1, -0.05) is 17.3 Å². The summed E-state index contributed by atoms with van der Waals surface area (Å²) < 4.78 is 26.9. The van der Waals surface area contributed by atoms with Crippen molar-refractivity contribution in [1.82, 2.24) is 5.16 Å². The van der Waals surface area contributed by atoms with E-state index in [0.29, 0.717) is 23.0 Å². The van der Waals surface area contributed by atoms with E-state index in [0.717, 1.165) is 22.4 Å². The number of methoxy groups -OCH3 is 4. The van der Waals surface area contributed by atoms with Crippen LogP contribution >= 0.6 is 0 Å². The second-order valence-electron chi connectivity index (χ2n) is 5.21. The van der Waals surface area contributed by atoms with E-state index in [1.54, 1.807) is 34.6 Å². The third-order valence-electron chi connectivity index (χ3n) is 3.90. The summed E-state index contributed by atoms with van der Waals surface area (Å²) in [5, 5.41) is 3.95. The summed E-state index contributed by atoms with van der Waals surface area (Å²) in [6.07, 6.45) is 1.68. The fraction of sp³-hybridized carbons (Fsp3) is 0.211. The fourth-order valence-electron chi connectivity index (χ4n) is 2.64. The van der Waals surface area contributed by atoms with Gasteiger partial charge in [-0.15, -0.1) is 0 Å². The van der Waals surface area contributed by atoms with Crippen LogP contribution in [0.3, 0.4) is 0 Å². The summed E-state index contributed by atoms with van der Waals surface area (Å²) in [5.41, 5.74) is 2.60. The first-order chi connectivity index (χ1) is 12.2. The van der Waals surface area contributed by atoms with Crippen molar-refractivity contribution in [3.05, 3.63) is 42.6 Å². The van der Waals surface area contributed by atoms with E-state index in [1.165, 1.54) is 0 Å². The lowest BCUT2D eigenvalue weighted by Crippen LogP contribution is -1.95. The third-order valence-corrected chi connectivity index (χ3v) is 3.90. The van der Waals surface area contributed by atoms with Gasteiger partial charge in [-0.05, 0) is 29.8 Å². The van der Waals surface area contributed by atoms with Gasteiger partial charge in [0.25, 0.3) is 0 Å². The van der Waals surface area contributed by atoms with Crippen LogP contribution < -0.4 is 18.9 Å². The predicted octanol–water partition coefficient (Wildman–Crippen LogP) is 4.04. The summed E-state index contributed by atoms with van der Waals surface area (Å²) in [6, 6.07) is 11.3. The van der Waals surface area contributed by atoms with E-state index >= 15 is 0 Å². The zero-order valence-corrected chi connectivity index (χ0v) is 14.5. The molecular weight excluding hydrogens is 322 g/mol. The summed E-state index contributed by atoms with van der Waals surface area (Å²) >= 11 is 0. The molecule has 0 aliphatic heterocycles. The van der Waals surface area contributed by atoms with Crippen molar-refractivity contribution < 1.29 is 23.5 Å². The van der Waals surface area contributed by atoms with E-state index in [-0.39, 0.29) is 0 Å². The highest BCUT2D eigenvalue weighted by Crippen LogP contribution is 2.43. The quantitative estimate of drug-likeness (QED) is 0.674. The first-order valence-corrected chi connectivity index (χ1v) is 7.61. The van der Waals surface area contributed by atoms with Crippen LogP contribution in [0, 0.1) is 0 Å². The largest absolute Gasteiger partial charge is 0.497 e. The molecule has 0 atom stereocenters. The average Bonchev–Trinajstić information content (AvgIpc) is 3.16. The molecule has 6 nitrogen and oxygen atoms in total. The monoisotopic (exact) mass is 341 g/mol. The zero-order valence-electron chi connectivity index (χ0n) is 14.5. The van der Waals surface area contributed by atoms with Gasteiger partial charge in [0.15, 0.2) is 17.3 Å². The number of benzene rings is 2. The van der Waals surface area contributed by atoms with Crippen molar-refractivity contribution >= 4 is 0 Å². The van der Waals surface area contributed by atoms with Gasteiger partial charge in [0, 0.05) is 11.1 Å². The molecule has 0 saturated carbocycles. The van der Waals surface area contributed by atoms with Crippen molar-refractivity contribution in [1.29, 1.82) is 0 Å². The van der Waals surface area contributed by atoms with Gasteiger partial charge in [0.2, 0.25) is 5.75 Å². The minimum Gasteiger partial charge on any atom is -0.497 e. The predicted molar refractivity (Wildman–Crippen MR) is 93.6 cm³/mol. The Balaban J connectivity index is 2.10. The summed E-state index contributed by atoms with van der Waals surface area (Å²) in [7, 11) is 6.35. The van der Waals surface area contributed by atoms with Crippen molar-refractivity contribution in [2.75, 3.05) is 28.4 Å². The minimum absolute atomic E-state index is 0.527.